The fourth-order valence-electron chi connectivity index (χ4n) is 5.17. The molecule has 0 spiro atoms. The summed E-state index contributed by atoms with van der Waals surface area (Å²) in [5.74, 6) is 0. The molecule has 0 aliphatic carbocycles. The minimum absolute atomic E-state index is 0.421. The van der Waals surface area contributed by atoms with Gasteiger partial charge in [0.1, 0.15) is 0 Å². The second-order valence-electron chi connectivity index (χ2n) is 8.58. The van der Waals surface area contributed by atoms with Crippen molar-refractivity contribution in [2.24, 2.45) is 0 Å². The number of benzene rings is 6. The molecule has 0 atom stereocenters. The molecule has 6 aromatic carbocycles. The molecule has 0 bridgehead atoms. The van der Waals surface area contributed by atoms with E-state index in [2.05, 4.69) is 120 Å². The molecular formula is C32H20Se. The van der Waals surface area contributed by atoms with Crippen LogP contribution in [0.5, 0.6) is 0 Å². The van der Waals surface area contributed by atoms with Crippen molar-refractivity contribution in [1.29, 1.82) is 0 Å². The molecule has 0 saturated carbocycles. The first-order valence-electron chi connectivity index (χ1n) is 11.3. The van der Waals surface area contributed by atoms with Crippen LogP contribution in [-0.4, -0.2) is 14.5 Å². The molecule has 33 heavy (non-hydrogen) atoms. The molecule has 0 N–H and O–H groups in total. The van der Waals surface area contributed by atoms with Crippen molar-refractivity contribution in [2.45, 2.75) is 0 Å². The number of rotatable bonds is 2. The zero-order chi connectivity index (χ0) is 21.8. The molecule has 1 heteroatoms. The Balaban J connectivity index is 1.47. The van der Waals surface area contributed by atoms with Gasteiger partial charge in [-0.05, 0) is 0 Å². The molecule has 1 aromatic heterocycles. The average molecular weight is 483 g/mol. The fourth-order valence-corrected chi connectivity index (χ4v) is 7.14. The molecule has 0 saturated heterocycles. The summed E-state index contributed by atoms with van der Waals surface area (Å²) in [6.07, 6.45) is 0. The molecular weight excluding hydrogens is 463 g/mol. The molecule has 0 fully saturated rings. The Morgan fingerprint density at radius 3 is 1.76 bits per heavy atom. The number of hydrogen-bond donors (Lipinski definition) is 0. The summed E-state index contributed by atoms with van der Waals surface area (Å²) in [7, 11) is 0. The van der Waals surface area contributed by atoms with Crippen LogP contribution in [0.1, 0.15) is 0 Å². The maximum absolute atomic E-state index is 2.38. The predicted molar refractivity (Wildman–Crippen MR) is 144 cm³/mol. The van der Waals surface area contributed by atoms with Gasteiger partial charge in [-0.1, -0.05) is 6.07 Å². The van der Waals surface area contributed by atoms with Gasteiger partial charge in [-0.25, -0.2) is 0 Å². The van der Waals surface area contributed by atoms with Crippen molar-refractivity contribution >= 4 is 56.5 Å². The van der Waals surface area contributed by atoms with Crippen molar-refractivity contribution in [3.8, 4) is 22.3 Å². The standard InChI is InChI=1S/C32H20Se/c1-2-12-28-26(10-1)27-11-3-4-13-29(27)31-20-23(15-16-30(28)31)22-8-5-9-24(19-22)25-14-6-7-21-17-18-33-32(21)25/h1-20H. The Hall–Kier alpha value is -3.64. The van der Waals surface area contributed by atoms with Crippen LogP contribution in [0.15, 0.2) is 120 Å². The Bertz CT molecular complexity index is 1780. The van der Waals surface area contributed by atoms with E-state index in [1.165, 1.54) is 64.2 Å². The molecule has 7 aromatic rings. The molecule has 0 aliphatic heterocycles. The van der Waals surface area contributed by atoms with E-state index in [-0.39, 0.29) is 0 Å². The minimum atomic E-state index is 0.421. The van der Waals surface area contributed by atoms with Gasteiger partial charge in [-0.3, -0.25) is 0 Å². The van der Waals surface area contributed by atoms with E-state index in [1.807, 2.05) is 0 Å². The zero-order valence-electron chi connectivity index (χ0n) is 18.0. The van der Waals surface area contributed by atoms with Crippen molar-refractivity contribution < 1.29 is 0 Å². The molecule has 7 rings (SSSR count). The SMILES string of the molecule is c1cc(-c2ccc3c4ccccc4c4ccccc4c3c2)cc(-c2cccc3cc[se]c23)c1. The van der Waals surface area contributed by atoms with E-state index < -0.39 is 0 Å². The van der Waals surface area contributed by atoms with Gasteiger partial charge in [0, 0.05) is 0 Å². The van der Waals surface area contributed by atoms with E-state index in [0.29, 0.717) is 14.5 Å². The monoisotopic (exact) mass is 484 g/mol. The van der Waals surface area contributed by atoms with Crippen LogP contribution < -0.4 is 0 Å². The van der Waals surface area contributed by atoms with Crippen molar-refractivity contribution in [3.05, 3.63) is 120 Å². The van der Waals surface area contributed by atoms with Gasteiger partial charge in [0.15, 0.2) is 0 Å². The van der Waals surface area contributed by atoms with Crippen molar-refractivity contribution in [1.82, 2.24) is 0 Å². The van der Waals surface area contributed by atoms with Gasteiger partial charge in [0.25, 0.3) is 0 Å². The van der Waals surface area contributed by atoms with Gasteiger partial charge in [-0.2, -0.15) is 0 Å². The van der Waals surface area contributed by atoms with Crippen LogP contribution in [0, 0.1) is 0 Å². The molecule has 0 amide bonds. The van der Waals surface area contributed by atoms with Crippen LogP contribution in [0.4, 0.5) is 0 Å². The van der Waals surface area contributed by atoms with Gasteiger partial charge in [0.05, 0.1) is 0 Å². The summed E-state index contributed by atoms with van der Waals surface area (Å²) in [4.78, 5) is 2.32. The number of hydrogen-bond acceptors (Lipinski definition) is 0. The van der Waals surface area contributed by atoms with Crippen molar-refractivity contribution in [2.75, 3.05) is 0 Å². The maximum atomic E-state index is 2.38. The van der Waals surface area contributed by atoms with Crippen LogP contribution in [0.3, 0.4) is 0 Å². The second-order valence-corrected chi connectivity index (χ2v) is 10.5. The molecule has 1 heterocycles. The first kappa shape index (κ1) is 18.9. The van der Waals surface area contributed by atoms with E-state index in [4.69, 9.17) is 0 Å². The molecule has 0 unspecified atom stereocenters. The quantitative estimate of drug-likeness (QED) is 0.170. The Kier molecular flexibility index (Phi) is 4.27. The van der Waals surface area contributed by atoms with E-state index in [9.17, 15) is 0 Å². The summed E-state index contributed by atoms with van der Waals surface area (Å²) in [6.45, 7) is 0. The van der Waals surface area contributed by atoms with Gasteiger partial charge >= 0.3 is 193 Å². The second kappa shape index (κ2) is 7.46. The molecule has 0 aliphatic rings. The summed E-state index contributed by atoms with van der Waals surface area (Å²) in [6, 6.07) is 42.5. The topological polar surface area (TPSA) is 0 Å². The number of fused-ring (bicyclic) bond motifs is 7. The average Bonchev–Trinajstić information content (AvgIpc) is 3.38. The third-order valence-corrected chi connectivity index (χ3v) is 8.75. The van der Waals surface area contributed by atoms with Gasteiger partial charge < -0.3 is 0 Å². The molecule has 0 radical (unpaired) electrons. The Morgan fingerprint density at radius 1 is 0.394 bits per heavy atom. The summed E-state index contributed by atoms with van der Waals surface area (Å²) in [5, 5.41) is 9.30. The van der Waals surface area contributed by atoms with Crippen molar-refractivity contribution in [3.63, 3.8) is 0 Å². The Morgan fingerprint density at radius 2 is 1.00 bits per heavy atom. The third kappa shape index (κ3) is 2.98. The zero-order valence-corrected chi connectivity index (χ0v) is 19.7. The molecule has 154 valence electrons. The van der Waals surface area contributed by atoms with Crippen LogP contribution in [0.25, 0.3) is 64.2 Å². The van der Waals surface area contributed by atoms with E-state index >= 15 is 0 Å². The Labute approximate surface area is 198 Å². The summed E-state index contributed by atoms with van der Waals surface area (Å²) >= 11 is 0.421. The summed E-state index contributed by atoms with van der Waals surface area (Å²) < 4.78 is 1.50. The van der Waals surface area contributed by atoms with E-state index in [1.54, 1.807) is 0 Å². The van der Waals surface area contributed by atoms with Crippen LogP contribution >= 0.6 is 0 Å². The molecule has 0 nitrogen and oxygen atoms in total. The van der Waals surface area contributed by atoms with Gasteiger partial charge in [-0.15, -0.1) is 0 Å². The van der Waals surface area contributed by atoms with E-state index in [0.717, 1.165) is 0 Å². The van der Waals surface area contributed by atoms with Crippen LogP contribution in [0.2, 0.25) is 0 Å². The third-order valence-electron chi connectivity index (χ3n) is 6.73. The summed E-state index contributed by atoms with van der Waals surface area (Å²) in [5.41, 5.74) is 5.21. The fraction of sp³-hybridized carbons (Fsp3) is 0. The van der Waals surface area contributed by atoms with Crippen LogP contribution in [-0.2, 0) is 0 Å². The predicted octanol–water partition coefficient (Wildman–Crippen LogP) is 8.69. The normalized spacial score (nSPS) is 11.6. The first-order chi connectivity index (χ1) is 16.4. The van der Waals surface area contributed by atoms with Gasteiger partial charge in [0.2, 0.25) is 0 Å². The first-order valence-corrected chi connectivity index (χ1v) is 13.1.